The van der Waals surface area contributed by atoms with Crippen molar-refractivity contribution in [2.75, 3.05) is 5.32 Å². The Balaban J connectivity index is 1.63. The van der Waals surface area contributed by atoms with Crippen LogP contribution in [0.3, 0.4) is 0 Å². The van der Waals surface area contributed by atoms with Gasteiger partial charge in [0.2, 0.25) is 0 Å². The molecule has 3 rings (SSSR count). The summed E-state index contributed by atoms with van der Waals surface area (Å²) in [6.07, 6.45) is -0.922. The van der Waals surface area contributed by atoms with Crippen LogP contribution in [0, 0.1) is 0 Å². The predicted molar refractivity (Wildman–Crippen MR) is 91.4 cm³/mol. The smallest absolute Gasteiger partial charge is 0.332 e. The number of anilines is 1. The van der Waals surface area contributed by atoms with Crippen molar-refractivity contribution in [3.63, 3.8) is 0 Å². The summed E-state index contributed by atoms with van der Waals surface area (Å²) in [6, 6.07) is 16.7. The van der Waals surface area contributed by atoms with E-state index in [2.05, 4.69) is 5.32 Å². The zero-order chi connectivity index (χ0) is 17.6. The van der Waals surface area contributed by atoms with Crippen molar-refractivity contribution in [1.82, 2.24) is 0 Å². The fraction of sp³-hybridized carbons (Fsp3) is 0.263. The SMILES string of the molecule is O=C(Nc1ccccc1COc1ccccc1)[C@@H]1CC[C@H](C(=O)O)O1. The largest absolute Gasteiger partial charge is 0.489 e. The molecule has 1 fully saturated rings. The van der Waals surface area contributed by atoms with E-state index in [4.69, 9.17) is 14.6 Å². The van der Waals surface area contributed by atoms with Crippen LogP contribution in [0.25, 0.3) is 0 Å². The summed E-state index contributed by atoms with van der Waals surface area (Å²) in [5.74, 6) is -0.630. The summed E-state index contributed by atoms with van der Waals surface area (Å²) in [4.78, 5) is 23.3. The van der Waals surface area contributed by atoms with E-state index in [0.29, 0.717) is 25.1 Å². The number of benzene rings is 2. The fourth-order valence-corrected chi connectivity index (χ4v) is 2.67. The molecule has 1 aliphatic rings. The van der Waals surface area contributed by atoms with Gasteiger partial charge in [0.25, 0.3) is 5.91 Å². The number of carboxylic acid groups (broad SMARTS) is 1. The molecule has 0 unspecified atom stereocenters. The lowest BCUT2D eigenvalue weighted by Gasteiger charge is -2.15. The minimum Gasteiger partial charge on any atom is -0.489 e. The number of amides is 1. The van der Waals surface area contributed by atoms with E-state index >= 15 is 0 Å². The van der Waals surface area contributed by atoms with E-state index in [-0.39, 0.29) is 5.91 Å². The molecule has 2 N–H and O–H groups in total. The molecule has 1 heterocycles. The number of carbonyl (C=O) groups is 2. The summed E-state index contributed by atoms with van der Waals surface area (Å²) in [5.41, 5.74) is 1.46. The Morgan fingerprint density at radius 3 is 2.44 bits per heavy atom. The minimum atomic E-state index is -1.04. The normalized spacial score (nSPS) is 19.4. The summed E-state index contributed by atoms with van der Waals surface area (Å²) < 4.78 is 11.0. The van der Waals surface area contributed by atoms with Crippen LogP contribution in [0.1, 0.15) is 18.4 Å². The molecule has 130 valence electrons. The Kier molecular flexibility index (Phi) is 5.30. The Labute approximate surface area is 145 Å². The summed E-state index contributed by atoms with van der Waals surface area (Å²) in [6.45, 7) is 0.309. The number of hydrogen-bond acceptors (Lipinski definition) is 4. The molecule has 25 heavy (non-hydrogen) atoms. The average molecular weight is 341 g/mol. The van der Waals surface area contributed by atoms with Crippen LogP contribution in [-0.2, 0) is 20.9 Å². The summed E-state index contributed by atoms with van der Waals surface area (Å²) in [7, 11) is 0. The second kappa shape index (κ2) is 7.81. The third-order valence-corrected chi connectivity index (χ3v) is 4.00. The van der Waals surface area contributed by atoms with E-state index in [1.807, 2.05) is 48.5 Å². The van der Waals surface area contributed by atoms with Crippen LogP contribution in [-0.4, -0.2) is 29.2 Å². The zero-order valence-corrected chi connectivity index (χ0v) is 13.6. The average Bonchev–Trinajstić information content (AvgIpc) is 3.12. The topological polar surface area (TPSA) is 84.9 Å². The van der Waals surface area contributed by atoms with Crippen molar-refractivity contribution in [1.29, 1.82) is 0 Å². The van der Waals surface area contributed by atoms with Crippen molar-refractivity contribution in [2.45, 2.75) is 31.7 Å². The van der Waals surface area contributed by atoms with Gasteiger partial charge < -0.3 is 19.9 Å². The van der Waals surface area contributed by atoms with Crippen LogP contribution >= 0.6 is 0 Å². The van der Waals surface area contributed by atoms with Crippen LogP contribution in [0.5, 0.6) is 5.75 Å². The number of rotatable bonds is 6. The standard InChI is InChI=1S/C19H19NO5/c21-18(16-10-11-17(25-16)19(22)23)20-15-9-5-4-6-13(15)12-24-14-7-2-1-3-8-14/h1-9,16-17H,10-12H2,(H,20,21)(H,22,23)/t16-,17+/m0/s1. The van der Waals surface area contributed by atoms with E-state index in [1.54, 1.807) is 6.07 Å². The molecule has 0 aliphatic carbocycles. The van der Waals surface area contributed by atoms with Crippen LogP contribution in [0.2, 0.25) is 0 Å². The molecule has 0 aromatic heterocycles. The second-order valence-corrected chi connectivity index (χ2v) is 5.78. The molecule has 6 nitrogen and oxygen atoms in total. The van der Waals surface area contributed by atoms with Crippen molar-refractivity contribution in [2.24, 2.45) is 0 Å². The van der Waals surface area contributed by atoms with Crippen molar-refractivity contribution < 1.29 is 24.2 Å². The Morgan fingerprint density at radius 2 is 1.72 bits per heavy atom. The first-order valence-electron chi connectivity index (χ1n) is 8.08. The predicted octanol–water partition coefficient (Wildman–Crippen LogP) is 2.84. The number of nitrogens with one attached hydrogen (secondary N) is 1. The molecule has 0 bridgehead atoms. The van der Waals surface area contributed by atoms with Gasteiger partial charge in [0, 0.05) is 11.3 Å². The lowest BCUT2D eigenvalue weighted by molar-refractivity contribution is -0.150. The number of para-hydroxylation sites is 2. The number of carboxylic acids is 1. The van der Waals surface area contributed by atoms with Crippen molar-refractivity contribution in [3.05, 3.63) is 60.2 Å². The third kappa shape index (κ3) is 4.36. The number of ether oxygens (including phenoxy) is 2. The zero-order valence-electron chi connectivity index (χ0n) is 13.6. The van der Waals surface area contributed by atoms with Gasteiger partial charge in [-0.1, -0.05) is 36.4 Å². The van der Waals surface area contributed by atoms with Gasteiger partial charge in [-0.05, 0) is 31.0 Å². The van der Waals surface area contributed by atoms with Gasteiger partial charge >= 0.3 is 5.97 Å². The van der Waals surface area contributed by atoms with Crippen LogP contribution in [0.15, 0.2) is 54.6 Å². The first-order chi connectivity index (χ1) is 12.1. The highest BCUT2D eigenvalue weighted by molar-refractivity contribution is 5.95. The second-order valence-electron chi connectivity index (χ2n) is 5.78. The molecule has 1 aliphatic heterocycles. The lowest BCUT2D eigenvalue weighted by atomic mass is 10.1. The van der Waals surface area contributed by atoms with Gasteiger partial charge in [0.1, 0.15) is 18.5 Å². The van der Waals surface area contributed by atoms with Gasteiger partial charge in [-0.25, -0.2) is 4.79 Å². The van der Waals surface area contributed by atoms with E-state index in [9.17, 15) is 9.59 Å². The maximum Gasteiger partial charge on any atom is 0.332 e. The molecule has 1 amide bonds. The van der Waals surface area contributed by atoms with Gasteiger partial charge in [-0.2, -0.15) is 0 Å². The number of aliphatic carboxylic acids is 1. The highest BCUT2D eigenvalue weighted by Gasteiger charge is 2.34. The first kappa shape index (κ1) is 17.0. The quantitative estimate of drug-likeness (QED) is 0.844. The van der Waals surface area contributed by atoms with Crippen LogP contribution < -0.4 is 10.1 Å². The minimum absolute atomic E-state index is 0.309. The molecule has 0 spiro atoms. The molecular weight excluding hydrogens is 322 g/mol. The molecular formula is C19H19NO5. The highest BCUT2D eigenvalue weighted by atomic mass is 16.5. The summed E-state index contributed by atoms with van der Waals surface area (Å²) in [5, 5.41) is 11.8. The number of carbonyl (C=O) groups excluding carboxylic acids is 1. The lowest BCUT2D eigenvalue weighted by Crippen LogP contribution is -2.30. The first-order valence-corrected chi connectivity index (χ1v) is 8.08. The Hall–Kier alpha value is -2.86. The Bertz CT molecular complexity index is 746. The maximum absolute atomic E-state index is 12.3. The Morgan fingerprint density at radius 1 is 1.04 bits per heavy atom. The van der Waals surface area contributed by atoms with Gasteiger partial charge in [-0.3, -0.25) is 4.79 Å². The molecule has 0 saturated carbocycles. The molecule has 6 heteroatoms. The highest BCUT2D eigenvalue weighted by Crippen LogP contribution is 2.23. The monoisotopic (exact) mass is 341 g/mol. The van der Waals surface area contributed by atoms with E-state index in [1.165, 1.54) is 0 Å². The van der Waals surface area contributed by atoms with Crippen molar-refractivity contribution >= 4 is 17.6 Å². The fourth-order valence-electron chi connectivity index (χ4n) is 2.67. The maximum atomic E-state index is 12.3. The third-order valence-electron chi connectivity index (χ3n) is 4.00. The number of hydrogen-bond donors (Lipinski definition) is 2. The molecule has 1 saturated heterocycles. The van der Waals surface area contributed by atoms with E-state index in [0.717, 1.165) is 11.3 Å². The molecule has 2 aromatic rings. The van der Waals surface area contributed by atoms with Gasteiger partial charge in [0.05, 0.1) is 0 Å². The molecule has 2 atom stereocenters. The van der Waals surface area contributed by atoms with E-state index < -0.39 is 18.2 Å². The van der Waals surface area contributed by atoms with Crippen molar-refractivity contribution in [3.8, 4) is 5.75 Å². The molecule has 0 radical (unpaired) electrons. The summed E-state index contributed by atoms with van der Waals surface area (Å²) >= 11 is 0. The molecule has 2 aromatic carbocycles. The van der Waals surface area contributed by atoms with Crippen LogP contribution in [0.4, 0.5) is 5.69 Å². The van der Waals surface area contributed by atoms with Gasteiger partial charge in [-0.15, -0.1) is 0 Å². The van der Waals surface area contributed by atoms with Gasteiger partial charge in [0.15, 0.2) is 6.10 Å².